The van der Waals surface area contributed by atoms with Crippen LogP contribution in [0.4, 0.5) is 0 Å². The molecule has 4 rings (SSSR count). The third kappa shape index (κ3) is 16.0. The van der Waals surface area contributed by atoms with Crippen molar-refractivity contribution in [3.8, 4) is 0 Å². The Morgan fingerprint density at radius 2 is 0.816 bits per heavy atom. The van der Waals surface area contributed by atoms with Crippen molar-refractivity contribution in [2.45, 2.75) is 238 Å². The molecule has 4 heteroatoms. The van der Waals surface area contributed by atoms with Crippen LogP contribution >= 0.6 is 0 Å². The summed E-state index contributed by atoms with van der Waals surface area (Å²) >= 11 is 0. The van der Waals surface area contributed by atoms with E-state index in [2.05, 4.69) is 13.8 Å². The fraction of sp³-hybridized carbons (Fsp3) is 0.956. The van der Waals surface area contributed by atoms with E-state index in [0.717, 1.165) is 80.5 Å². The highest BCUT2D eigenvalue weighted by Crippen LogP contribution is 2.48. The summed E-state index contributed by atoms with van der Waals surface area (Å²) in [5.74, 6) is 5.60. The van der Waals surface area contributed by atoms with Crippen molar-refractivity contribution >= 4 is 11.9 Å². The minimum Gasteiger partial charge on any atom is -0.462 e. The van der Waals surface area contributed by atoms with Crippen molar-refractivity contribution in [1.29, 1.82) is 0 Å². The first-order chi connectivity index (χ1) is 24.0. The van der Waals surface area contributed by atoms with Gasteiger partial charge in [-0.25, -0.2) is 0 Å². The Kier molecular flexibility index (Phi) is 20.1. The molecule has 0 aromatic rings. The molecule has 0 aliphatic heterocycles. The molecule has 0 N–H and O–H groups in total. The first-order valence-electron chi connectivity index (χ1n) is 22.4. The summed E-state index contributed by atoms with van der Waals surface area (Å²) in [7, 11) is 0. The van der Waals surface area contributed by atoms with Crippen molar-refractivity contribution in [2.75, 3.05) is 0 Å². The van der Waals surface area contributed by atoms with Gasteiger partial charge in [0.2, 0.25) is 0 Å². The zero-order valence-electron chi connectivity index (χ0n) is 32.6. The van der Waals surface area contributed by atoms with Crippen LogP contribution in [0.5, 0.6) is 0 Å². The highest BCUT2D eigenvalue weighted by molar-refractivity contribution is 5.70. The van der Waals surface area contributed by atoms with Crippen LogP contribution < -0.4 is 0 Å². The van der Waals surface area contributed by atoms with Crippen LogP contribution in [0, 0.1) is 35.5 Å². The second-order valence-corrected chi connectivity index (χ2v) is 17.6. The second-order valence-electron chi connectivity index (χ2n) is 17.6. The third-order valence-electron chi connectivity index (χ3n) is 13.6. The predicted molar refractivity (Wildman–Crippen MR) is 204 cm³/mol. The lowest BCUT2D eigenvalue weighted by Crippen LogP contribution is -2.20. The van der Waals surface area contributed by atoms with Crippen LogP contribution in [0.2, 0.25) is 0 Å². The summed E-state index contributed by atoms with van der Waals surface area (Å²) in [5, 5.41) is 0. The van der Waals surface area contributed by atoms with Crippen LogP contribution in [0.25, 0.3) is 0 Å². The molecule has 0 amide bonds. The number of hydrogen-bond donors (Lipinski definition) is 0. The minimum absolute atomic E-state index is 0.000954. The molecule has 4 aliphatic carbocycles. The highest BCUT2D eigenvalue weighted by atomic mass is 16.5. The van der Waals surface area contributed by atoms with Crippen molar-refractivity contribution < 1.29 is 19.1 Å². The maximum absolute atomic E-state index is 13.1. The SMILES string of the molecule is CCCCCCCC(CCCCCCC)OC(=O)CCCCCC(=O)OC(CCC1CC2CCCCC2C1)CCC1CC2CCCCC2C1. The van der Waals surface area contributed by atoms with Gasteiger partial charge in [-0.1, -0.05) is 123 Å². The molecule has 0 saturated heterocycles. The Morgan fingerprint density at radius 1 is 0.469 bits per heavy atom. The normalized spacial score (nSPS) is 27.2. The summed E-state index contributed by atoms with van der Waals surface area (Å²) in [6.07, 6.45) is 40.2. The van der Waals surface area contributed by atoms with E-state index in [1.165, 1.54) is 154 Å². The van der Waals surface area contributed by atoms with Gasteiger partial charge in [-0.15, -0.1) is 0 Å². The Bertz CT molecular complexity index is 807. The molecule has 4 nitrogen and oxygen atoms in total. The highest BCUT2D eigenvalue weighted by Gasteiger charge is 2.37. The fourth-order valence-electron chi connectivity index (χ4n) is 10.7. The maximum Gasteiger partial charge on any atom is 0.306 e. The molecular formula is C45H80O4. The van der Waals surface area contributed by atoms with Gasteiger partial charge in [-0.2, -0.15) is 0 Å². The van der Waals surface area contributed by atoms with E-state index in [1.807, 2.05) is 0 Å². The van der Waals surface area contributed by atoms with Gasteiger partial charge >= 0.3 is 11.9 Å². The molecule has 4 saturated carbocycles. The van der Waals surface area contributed by atoms with Crippen LogP contribution in [0.1, 0.15) is 226 Å². The standard InChI is InChI=1S/C45H80O4/c1-3-5-7-9-12-24-42(25-13-10-8-6-4-2)48-44(46)26-14-11-15-27-45(47)49-43(30-28-36-32-38-20-16-17-21-39(38)33-36)31-29-37-34-40-22-18-19-23-41(40)35-37/h36-43H,3-35H2,1-2H3. The summed E-state index contributed by atoms with van der Waals surface area (Å²) < 4.78 is 12.3. The summed E-state index contributed by atoms with van der Waals surface area (Å²) in [6.45, 7) is 4.51. The molecule has 0 bridgehead atoms. The van der Waals surface area contributed by atoms with E-state index in [1.54, 1.807) is 0 Å². The molecule has 0 heterocycles. The number of unbranched alkanes of at least 4 members (excludes halogenated alkanes) is 10. The molecule has 0 radical (unpaired) electrons. The Labute approximate surface area is 303 Å². The Hall–Kier alpha value is -1.06. The quantitative estimate of drug-likeness (QED) is 0.0672. The van der Waals surface area contributed by atoms with E-state index in [0.29, 0.717) is 12.8 Å². The lowest BCUT2D eigenvalue weighted by Gasteiger charge is -2.24. The van der Waals surface area contributed by atoms with Gasteiger partial charge in [-0.3, -0.25) is 9.59 Å². The maximum atomic E-state index is 13.1. The minimum atomic E-state index is -0.0340. The van der Waals surface area contributed by atoms with Crippen LogP contribution in [-0.4, -0.2) is 24.1 Å². The number of hydrogen-bond acceptors (Lipinski definition) is 4. The topological polar surface area (TPSA) is 52.6 Å². The molecule has 4 fully saturated rings. The molecule has 0 spiro atoms. The van der Waals surface area contributed by atoms with Gasteiger partial charge in [0.25, 0.3) is 0 Å². The molecule has 4 atom stereocenters. The van der Waals surface area contributed by atoms with Gasteiger partial charge in [0.1, 0.15) is 12.2 Å². The van der Waals surface area contributed by atoms with Gasteiger partial charge in [0, 0.05) is 12.8 Å². The van der Waals surface area contributed by atoms with E-state index in [9.17, 15) is 9.59 Å². The molecular weight excluding hydrogens is 604 g/mol. The summed E-state index contributed by atoms with van der Waals surface area (Å²) in [5.41, 5.74) is 0. The first kappa shape index (κ1) is 40.7. The molecule has 0 aromatic carbocycles. The van der Waals surface area contributed by atoms with Crippen molar-refractivity contribution in [2.24, 2.45) is 35.5 Å². The lowest BCUT2D eigenvalue weighted by atomic mass is 9.82. The van der Waals surface area contributed by atoms with Crippen LogP contribution in [0.3, 0.4) is 0 Å². The second kappa shape index (κ2) is 24.2. The largest absolute Gasteiger partial charge is 0.462 e. The van der Waals surface area contributed by atoms with Crippen LogP contribution in [-0.2, 0) is 19.1 Å². The van der Waals surface area contributed by atoms with E-state index >= 15 is 0 Å². The summed E-state index contributed by atoms with van der Waals surface area (Å²) in [6, 6.07) is 0. The third-order valence-corrected chi connectivity index (χ3v) is 13.6. The average molecular weight is 685 g/mol. The monoisotopic (exact) mass is 685 g/mol. The van der Waals surface area contributed by atoms with Gasteiger partial charge in [0.05, 0.1) is 0 Å². The molecule has 4 aliphatic rings. The van der Waals surface area contributed by atoms with E-state index < -0.39 is 0 Å². The van der Waals surface area contributed by atoms with Crippen molar-refractivity contribution in [3.05, 3.63) is 0 Å². The number of esters is 2. The zero-order chi connectivity index (χ0) is 34.5. The average Bonchev–Trinajstić information content (AvgIpc) is 3.72. The number of carbonyl (C=O) groups is 2. The number of carbonyl (C=O) groups excluding carboxylic acids is 2. The zero-order valence-corrected chi connectivity index (χ0v) is 32.6. The van der Waals surface area contributed by atoms with Gasteiger partial charge in [-0.05, 0) is 125 Å². The fourth-order valence-corrected chi connectivity index (χ4v) is 10.7. The Balaban J connectivity index is 1.13. The van der Waals surface area contributed by atoms with E-state index in [4.69, 9.17) is 9.47 Å². The predicted octanol–water partition coefficient (Wildman–Crippen LogP) is 13.5. The molecule has 49 heavy (non-hydrogen) atoms. The number of ether oxygens (including phenoxy) is 2. The van der Waals surface area contributed by atoms with Gasteiger partial charge in [0.15, 0.2) is 0 Å². The van der Waals surface area contributed by atoms with Crippen molar-refractivity contribution in [3.63, 3.8) is 0 Å². The lowest BCUT2D eigenvalue weighted by molar-refractivity contribution is -0.150. The number of rotatable bonds is 26. The molecule has 284 valence electrons. The number of fused-ring (bicyclic) bond motifs is 2. The Morgan fingerprint density at radius 3 is 1.20 bits per heavy atom. The van der Waals surface area contributed by atoms with Gasteiger partial charge < -0.3 is 9.47 Å². The molecule has 4 unspecified atom stereocenters. The first-order valence-corrected chi connectivity index (χ1v) is 22.4. The van der Waals surface area contributed by atoms with Crippen LogP contribution in [0.15, 0.2) is 0 Å². The molecule has 0 aromatic heterocycles. The van der Waals surface area contributed by atoms with E-state index in [-0.39, 0.29) is 24.1 Å². The summed E-state index contributed by atoms with van der Waals surface area (Å²) in [4.78, 5) is 25.9. The van der Waals surface area contributed by atoms with Crippen molar-refractivity contribution in [1.82, 2.24) is 0 Å². The smallest absolute Gasteiger partial charge is 0.306 e.